The number of aryl methyl sites for hydroxylation is 1. The Balaban J connectivity index is 2.20. The fourth-order valence-electron chi connectivity index (χ4n) is 1.69. The standard InChI is InChI=1S/C13H14N4O2/c1-17-12(15)10(7-14)13(16-17)19-8-9-5-3-4-6-11(9)18-2/h3-6H,8,15H2,1-2H3. The maximum atomic E-state index is 9.02. The number of benzene rings is 1. The van der Waals surface area contributed by atoms with Gasteiger partial charge in [0.2, 0.25) is 0 Å². The van der Waals surface area contributed by atoms with Crippen molar-refractivity contribution in [2.75, 3.05) is 12.8 Å². The second-order valence-electron chi connectivity index (χ2n) is 3.90. The topological polar surface area (TPSA) is 86.1 Å². The summed E-state index contributed by atoms with van der Waals surface area (Å²) in [5.74, 6) is 1.25. The minimum atomic E-state index is 0.230. The van der Waals surface area contributed by atoms with Crippen LogP contribution in [0.2, 0.25) is 0 Å². The number of ether oxygens (including phenoxy) is 2. The van der Waals surface area contributed by atoms with E-state index < -0.39 is 0 Å². The highest BCUT2D eigenvalue weighted by Gasteiger charge is 2.15. The van der Waals surface area contributed by atoms with Crippen LogP contribution in [0, 0.1) is 11.3 Å². The van der Waals surface area contributed by atoms with E-state index in [0.717, 1.165) is 11.3 Å². The Labute approximate surface area is 111 Å². The quantitative estimate of drug-likeness (QED) is 0.897. The van der Waals surface area contributed by atoms with E-state index in [0.29, 0.717) is 0 Å². The van der Waals surface area contributed by atoms with Gasteiger partial charge in [-0.2, -0.15) is 5.26 Å². The van der Waals surface area contributed by atoms with Gasteiger partial charge in [0, 0.05) is 12.6 Å². The van der Waals surface area contributed by atoms with E-state index in [2.05, 4.69) is 5.10 Å². The predicted octanol–water partition coefficient (Wildman–Crippen LogP) is 1.46. The fourth-order valence-corrected chi connectivity index (χ4v) is 1.69. The molecular weight excluding hydrogens is 244 g/mol. The van der Waals surface area contributed by atoms with E-state index in [1.54, 1.807) is 14.2 Å². The van der Waals surface area contributed by atoms with Crippen molar-refractivity contribution in [1.82, 2.24) is 9.78 Å². The fraction of sp³-hybridized carbons (Fsp3) is 0.231. The average Bonchev–Trinajstić information content (AvgIpc) is 2.71. The Hall–Kier alpha value is -2.68. The summed E-state index contributed by atoms with van der Waals surface area (Å²) in [6.45, 7) is 0.259. The van der Waals surface area contributed by atoms with Crippen LogP contribution in [0.5, 0.6) is 11.6 Å². The van der Waals surface area contributed by atoms with Gasteiger partial charge in [0.25, 0.3) is 5.88 Å². The number of hydrogen-bond donors (Lipinski definition) is 1. The molecule has 98 valence electrons. The lowest BCUT2D eigenvalue weighted by Gasteiger charge is -2.08. The first-order chi connectivity index (χ1) is 9.17. The smallest absolute Gasteiger partial charge is 0.253 e. The van der Waals surface area contributed by atoms with Crippen LogP contribution >= 0.6 is 0 Å². The van der Waals surface area contributed by atoms with Gasteiger partial charge in [0.15, 0.2) is 5.56 Å². The molecule has 6 heteroatoms. The summed E-state index contributed by atoms with van der Waals surface area (Å²) in [6, 6.07) is 9.48. The maximum absolute atomic E-state index is 9.02. The molecule has 0 amide bonds. The van der Waals surface area contributed by atoms with Gasteiger partial charge in [-0.3, -0.25) is 0 Å². The van der Waals surface area contributed by atoms with E-state index in [1.165, 1.54) is 4.68 Å². The summed E-state index contributed by atoms with van der Waals surface area (Å²) in [5.41, 5.74) is 6.83. The van der Waals surface area contributed by atoms with E-state index in [1.807, 2.05) is 30.3 Å². The number of nitrogens with two attached hydrogens (primary N) is 1. The highest BCUT2D eigenvalue weighted by atomic mass is 16.5. The van der Waals surface area contributed by atoms with Crippen LogP contribution < -0.4 is 15.2 Å². The van der Waals surface area contributed by atoms with Crippen LogP contribution in [0.1, 0.15) is 11.1 Å². The summed E-state index contributed by atoms with van der Waals surface area (Å²) in [5, 5.41) is 13.1. The largest absolute Gasteiger partial charge is 0.496 e. The molecule has 0 saturated heterocycles. The van der Waals surface area contributed by atoms with Gasteiger partial charge in [-0.15, -0.1) is 5.10 Å². The molecule has 0 aliphatic rings. The molecule has 0 atom stereocenters. The van der Waals surface area contributed by atoms with Crippen molar-refractivity contribution in [1.29, 1.82) is 5.26 Å². The summed E-state index contributed by atoms with van der Waals surface area (Å²) in [6.07, 6.45) is 0. The van der Waals surface area contributed by atoms with Crippen molar-refractivity contribution in [3.63, 3.8) is 0 Å². The van der Waals surface area contributed by atoms with Gasteiger partial charge in [-0.25, -0.2) is 4.68 Å². The minimum absolute atomic E-state index is 0.230. The van der Waals surface area contributed by atoms with Crippen molar-refractivity contribution < 1.29 is 9.47 Å². The third-order valence-corrected chi connectivity index (χ3v) is 2.73. The molecule has 2 N–H and O–H groups in total. The van der Waals surface area contributed by atoms with Crippen LogP contribution in [-0.4, -0.2) is 16.9 Å². The number of nitrogen functional groups attached to an aromatic ring is 1. The number of nitriles is 1. The second-order valence-corrected chi connectivity index (χ2v) is 3.90. The number of nitrogens with zero attached hydrogens (tertiary/aromatic N) is 3. The summed E-state index contributed by atoms with van der Waals surface area (Å²) >= 11 is 0. The Morgan fingerprint density at radius 2 is 2.16 bits per heavy atom. The third kappa shape index (κ3) is 2.45. The van der Waals surface area contributed by atoms with Crippen LogP contribution in [0.15, 0.2) is 24.3 Å². The number of anilines is 1. The van der Waals surface area contributed by atoms with E-state index in [9.17, 15) is 0 Å². The lowest BCUT2D eigenvalue weighted by molar-refractivity contribution is 0.282. The molecule has 6 nitrogen and oxygen atoms in total. The highest BCUT2D eigenvalue weighted by Crippen LogP contribution is 2.24. The number of hydrogen-bond acceptors (Lipinski definition) is 5. The van der Waals surface area contributed by atoms with Crippen LogP contribution in [0.3, 0.4) is 0 Å². The van der Waals surface area contributed by atoms with Crippen molar-refractivity contribution >= 4 is 5.82 Å². The first kappa shape index (κ1) is 12.8. The van der Waals surface area contributed by atoms with E-state index >= 15 is 0 Å². The van der Waals surface area contributed by atoms with Gasteiger partial charge >= 0.3 is 0 Å². The van der Waals surface area contributed by atoms with Gasteiger partial charge in [0.1, 0.15) is 24.2 Å². The second kappa shape index (κ2) is 5.31. The molecule has 0 spiro atoms. The Bertz CT molecular complexity index is 628. The van der Waals surface area contributed by atoms with Gasteiger partial charge in [-0.05, 0) is 6.07 Å². The predicted molar refractivity (Wildman–Crippen MR) is 69.7 cm³/mol. The van der Waals surface area contributed by atoms with Crippen LogP contribution in [-0.2, 0) is 13.7 Å². The highest BCUT2D eigenvalue weighted by molar-refractivity contribution is 5.55. The molecule has 2 aromatic rings. The molecular formula is C13H14N4O2. The third-order valence-electron chi connectivity index (χ3n) is 2.73. The molecule has 1 aromatic carbocycles. The molecule has 1 aromatic heterocycles. The minimum Gasteiger partial charge on any atom is -0.496 e. The molecule has 0 unspecified atom stereocenters. The maximum Gasteiger partial charge on any atom is 0.253 e. The summed E-state index contributed by atoms with van der Waals surface area (Å²) in [4.78, 5) is 0. The normalized spacial score (nSPS) is 9.95. The zero-order valence-electron chi connectivity index (χ0n) is 10.8. The Kier molecular flexibility index (Phi) is 3.57. The molecule has 0 aliphatic heterocycles. The summed E-state index contributed by atoms with van der Waals surface area (Å²) < 4.78 is 12.2. The zero-order chi connectivity index (χ0) is 13.8. The van der Waals surface area contributed by atoms with Crippen molar-refractivity contribution in [2.45, 2.75) is 6.61 Å². The first-order valence-electron chi connectivity index (χ1n) is 5.64. The molecule has 1 heterocycles. The van der Waals surface area contributed by atoms with Gasteiger partial charge < -0.3 is 15.2 Å². The Morgan fingerprint density at radius 3 is 2.84 bits per heavy atom. The molecule has 0 saturated carbocycles. The molecule has 0 bridgehead atoms. The van der Waals surface area contributed by atoms with Crippen LogP contribution in [0.25, 0.3) is 0 Å². The van der Waals surface area contributed by atoms with Gasteiger partial charge in [-0.1, -0.05) is 18.2 Å². The van der Waals surface area contributed by atoms with Crippen LogP contribution in [0.4, 0.5) is 5.82 Å². The van der Waals surface area contributed by atoms with E-state index in [-0.39, 0.29) is 23.9 Å². The number of methoxy groups -OCH3 is 1. The lowest BCUT2D eigenvalue weighted by Crippen LogP contribution is -2.00. The van der Waals surface area contributed by atoms with Crippen molar-refractivity contribution in [3.8, 4) is 17.7 Å². The summed E-state index contributed by atoms with van der Waals surface area (Å²) in [7, 11) is 3.25. The van der Waals surface area contributed by atoms with Crippen molar-refractivity contribution in [3.05, 3.63) is 35.4 Å². The molecule has 19 heavy (non-hydrogen) atoms. The van der Waals surface area contributed by atoms with Crippen molar-refractivity contribution in [2.24, 2.45) is 7.05 Å². The molecule has 0 aliphatic carbocycles. The monoisotopic (exact) mass is 258 g/mol. The number of para-hydroxylation sites is 1. The average molecular weight is 258 g/mol. The SMILES string of the molecule is COc1ccccc1COc1nn(C)c(N)c1C#N. The zero-order valence-corrected chi connectivity index (χ0v) is 10.8. The molecule has 0 radical (unpaired) electrons. The molecule has 2 rings (SSSR count). The van der Waals surface area contributed by atoms with E-state index in [4.69, 9.17) is 20.5 Å². The lowest BCUT2D eigenvalue weighted by atomic mass is 10.2. The number of aromatic nitrogens is 2. The molecule has 0 fully saturated rings. The number of rotatable bonds is 4. The Morgan fingerprint density at radius 1 is 1.42 bits per heavy atom. The van der Waals surface area contributed by atoms with Gasteiger partial charge in [0.05, 0.1) is 7.11 Å². The first-order valence-corrected chi connectivity index (χ1v) is 5.64.